The third-order valence-electron chi connectivity index (χ3n) is 5.74. The van der Waals surface area contributed by atoms with E-state index in [2.05, 4.69) is 69.1 Å². The summed E-state index contributed by atoms with van der Waals surface area (Å²) >= 11 is 5.92. The van der Waals surface area contributed by atoms with Crippen LogP contribution in [0.5, 0.6) is 5.75 Å². The van der Waals surface area contributed by atoms with Crippen molar-refractivity contribution >= 4 is 29.4 Å². The van der Waals surface area contributed by atoms with Crippen molar-refractivity contribution in [1.82, 2.24) is 5.43 Å². The van der Waals surface area contributed by atoms with Crippen LogP contribution in [0.1, 0.15) is 63.6 Å². The fourth-order valence-electron chi connectivity index (χ4n) is 4.64. The molecule has 0 unspecified atom stereocenters. The molecule has 0 aromatic heterocycles. The molecule has 0 bridgehead atoms. The lowest BCUT2D eigenvalue weighted by Crippen LogP contribution is -2.51. The summed E-state index contributed by atoms with van der Waals surface area (Å²) in [5.41, 5.74) is 7.41. The second kappa shape index (κ2) is 9.31. The van der Waals surface area contributed by atoms with Crippen LogP contribution in [0.3, 0.4) is 0 Å². The van der Waals surface area contributed by atoms with Gasteiger partial charge in [0.15, 0.2) is 6.61 Å². The van der Waals surface area contributed by atoms with Gasteiger partial charge in [0.2, 0.25) is 0 Å². The Hall–Kier alpha value is -2.53. The molecule has 0 aliphatic carbocycles. The lowest BCUT2D eigenvalue weighted by Gasteiger charge is -2.50. The maximum absolute atomic E-state index is 12.1. The van der Waals surface area contributed by atoms with Gasteiger partial charge in [0.05, 0.1) is 6.21 Å². The largest absolute Gasteiger partial charge is 0.484 e. The lowest BCUT2D eigenvalue weighted by molar-refractivity contribution is -0.123. The lowest BCUT2D eigenvalue weighted by atomic mass is 9.78. The summed E-state index contributed by atoms with van der Waals surface area (Å²) < 4.78 is 5.44. The molecular weight excluding hydrogens is 410 g/mol. The number of anilines is 1. The van der Waals surface area contributed by atoms with E-state index in [1.165, 1.54) is 11.3 Å². The fraction of sp³-hybridized carbons (Fsp3) is 0.440. The summed E-state index contributed by atoms with van der Waals surface area (Å²) in [5.74, 6) is 0.671. The maximum Gasteiger partial charge on any atom is 0.277 e. The van der Waals surface area contributed by atoms with Crippen LogP contribution in [0.4, 0.5) is 5.69 Å². The van der Waals surface area contributed by atoms with E-state index >= 15 is 0 Å². The number of carbonyl (C=O) groups is 1. The molecule has 1 aliphatic heterocycles. The van der Waals surface area contributed by atoms with E-state index in [4.69, 9.17) is 16.3 Å². The second-order valence-corrected chi connectivity index (χ2v) is 9.62. The van der Waals surface area contributed by atoms with Crippen LogP contribution in [0.15, 0.2) is 41.5 Å². The van der Waals surface area contributed by atoms with Crippen molar-refractivity contribution < 1.29 is 9.53 Å². The van der Waals surface area contributed by atoms with Gasteiger partial charge in [-0.2, -0.15) is 5.10 Å². The standard InChI is InChI=1S/C25H32ClN3O2/c1-16(2)29-23-10-17(3)19(11-22(23)18(4)13-25(29,5)6)14-27-28-24(30)15-31-21-9-7-8-20(26)12-21/h7-12,14,16,18H,13,15H2,1-6H3,(H,28,30)/b27-14+/t18-/m0/s1. The summed E-state index contributed by atoms with van der Waals surface area (Å²) in [5, 5.41) is 4.71. The van der Waals surface area contributed by atoms with Gasteiger partial charge in [-0.3, -0.25) is 4.79 Å². The van der Waals surface area contributed by atoms with E-state index in [0.29, 0.717) is 22.7 Å². The van der Waals surface area contributed by atoms with Gasteiger partial charge in [-0.1, -0.05) is 24.6 Å². The Labute approximate surface area is 190 Å². The van der Waals surface area contributed by atoms with Crippen molar-refractivity contribution in [3.63, 3.8) is 0 Å². The zero-order valence-corrected chi connectivity index (χ0v) is 20.0. The van der Waals surface area contributed by atoms with Crippen molar-refractivity contribution in [2.24, 2.45) is 5.10 Å². The molecule has 3 rings (SSSR count). The number of carbonyl (C=O) groups excluding carboxylic acids is 1. The minimum absolute atomic E-state index is 0.111. The van der Waals surface area contributed by atoms with E-state index in [1.807, 2.05) is 0 Å². The minimum atomic E-state index is -0.326. The molecule has 6 heteroatoms. The fourth-order valence-corrected chi connectivity index (χ4v) is 4.82. The van der Waals surface area contributed by atoms with Crippen LogP contribution in [-0.2, 0) is 4.79 Å². The molecule has 1 amide bonds. The molecule has 166 valence electrons. The molecule has 5 nitrogen and oxygen atoms in total. The smallest absolute Gasteiger partial charge is 0.277 e. The van der Waals surface area contributed by atoms with Gasteiger partial charge in [0.1, 0.15) is 5.75 Å². The van der Waals surface area contributed by atoms with Crippen molar-refractivity contribution in [3.05, 3.63) is 58.1 Å². The summed E-state index contributed by atoms with van der Waals surface area (Å²) in [6.07, 6.45) is 2.80. The maximum atomic E-state index is 12.1. The van der Waals surface area contributed by atoms with Crippen molar-refractivity contribution in [2.45, 2.75) is 65.5 Å². The Morgan fingerprint density at radius 3 is 2.77 bits per heavy atom. The molecule has 0 saturated heterocycles. The first-order valence-electron chi connectivity index (χ1n) is 10.7. The predicted molar refractivity (Wildman–Crippen MR) is 129 cm³/mol. The number of hydrogen-bond donors (Lipinski definition) is 1. The van der Waals surface area contributed by atoms with Crippen LogP contribution in [0.2, 0.25) is 5.02 Å². The monoisotopic (exact) mass is 441 g/mol. The highest BCUT2D eigenvalue weighted by Gasteiger charge is 2.37. The number of ether oxygens (including phenoxy) is 1. The Kier molecular flexibility index (Phi) is 6.95. The SMILES string of the molecule is Cc1cc2c(cc1/C=N/NC(=O)COc1cccc(Cl)c1)[C@@H](C)CC(C)(C)N2C(C)C. The van der Waals surface area contributed by atoms with Gasteiger partial charge >= 0.3 is 0 Å². The average Bonchev–Trinajstić information content (AvgIpc) is 2.66. The van der Waals surface area contributed by atoms with E-state index < -0.39 is 0 Å². The van der Waals surface area contributed by atoms with Gasteiger partial charge < -0.3 is 9.64 Å². The molecular formula is C25H32ClN3O2. The Morgan fingerprint density at radius 1 is 1.35 bits per heavy atom. The summed E-state index contributed by atoms with van der Waals surface area (Å²) in [7, 11) is 0. The number of rotatable bonds is 6. The number of nitrogens with one attached hydrogen (secondary N) is 1. The quantitative estimate of drug-likeness (QED) is 0.463. The van der Waals surface area contributed by atoms with Crippen molar-refractivity contribution in [1.29, 1.82) is 0 Å². The minimum Gasteiger partial charge on any atom is -0.484 e. The third kappa shape index (κ3) is 5.40. The second-order valence-electron chi connectivity index (χ2n) is 9.19. The molecule has 31 heavy (non-hydrogen) atoms. The van der Waals surface area contributed by atoms with Crippen LogP contribution < -0.4 is 15.1 Å². The van der Waals surface area contributed by atoms with Gasteiger partial charge in [0, 0.05) is 22.3 Å². The summed E-state index contributed by atoms with van der Waals surface area (Å²) in [4.78, 5) is 14.6. The summed E-state index contributed by atoms with van der Waals surface area (Å²) in [6.45, 7) is 13.4. The number of nitrogens with zero attached hydrogens (tertiary/aromatic N) is 2. The first-order valence-corrected chi connectivity index (χ1v) is 11.1. The number of hydrogen-bond acceptors (Lipinski definition) is 4. The van der Waals surface area contributed by atoms with E-state index in [-0.39, 0.29) is 18.1 Å². The molecule has 0 radical (unpaired) electrons. The number of aryl methyl sites for hydroxylation is 1. The van der Waals surface area contributed by atoms with Crippen LogP contribution >= 0.6 is 11.6 Å². The zero-order valence-electron chi connectivity index (χ0n) is 19.2. The van der Waals surface area contributed by atoms with Crippen molar-refractivity contribution in [2.75, 3.05) is 11.5 Å². The molecule has 1 aliphatic rings. The number of halogens is 1. The van der Waals surface area contributed by atoms with E-state index in [0.717, 1.165) is 17.5 Å². The molecule has 1 atom stereocenters. The van der Waals surface area contributed by atoms with Crippen LogP contribution in [0, 0.1) is 6.92 Å². The topological polar surface area (TPSA) is 53.9 Å². The zero-order chi connectivity index (χ0) is 22.8. The number of amides is 1. The Morgan fingerprint density at radius 2 is 2.10 bits per heavy atom. The number of benzene rings is 2. The highest BCUT2D eigenvalue weighted by molar-refractivity contribution is 6.30. The molecule has 0 fully saturated rings. The highest BCUT2D eigenvalue weighted by atomic mass is 35.5. The predicted octanol–water partition coefficient (Wildman–Crippen LogP) is 5.68. The third-order valence-corrected chi connectivity index (χ3v) is 5.97. The first kappa shape index (κ1) is 23.1. The number of fused-ring (bicyclic) bond motifs is 1. The molecule has 0 saturated carbocycles. The van der Waals surface area contributed by atoms with E-state index in [1.54, 1.807) is 30.5 Å². The molecule has 1 heterocycles. The average molecular weight is 442 g/mol. The van der Waals surface area contributed by atoms with Gasteiger partial charge in [-0.15, -0.1) is 0 Å². The first-order chi connectivity index (χ1) is 14.6. The number of hydrazone groups is 1. The Balaban J connectivity index is 1.70. The Bertz CT molecular complexity index is 985. The van der Waals surface area contributed by atoms with Crippen molar-refractivity contribution in [3.8, 4) is 5.75 Å². The van der Waals surface area contributed by atoms with Gasteiger partial charge in [0.25, 0.3) is 5.91 Å². The van der Waals surface area contributed by atoms with Crippen LogP contribution in [0.25, 0.3) is 0 Å². The van der Waals surface area contributed by atoms with E-state index in [9.17, 15) is 4.79 Å². The van der Waals surface area contributed by atoms with Crippen LogP contribution in [-0.4, -0.2) is 30.3 Å². The van der Waals surface area contributed by atoms with Gasteiger partial charge in [-0.05, 0) is 94.0 Å². The molecule has 2 aromatic rings. The highest BCUT2D eigenvalue weighted by Crippen LogP contribution is 2.45. The molecule has 2 aromatic carbocycles. The molecule has 1 N–H and O–H groups in total. The molecule has 0 spiro atoms. The summed E-state index contributed by atoms with van der Waals surface area (Å²) in [6, 6.07) is 11.8. The normalized spacial score (nSPS) is 17.7. The van der Waals surface area contributed by atoms with Gasteiger partial charge in [-0.25, -0.2) is 5.43 Å².